The first-order chi connectivity index (χ1) is 13.1. The van der Waals surface area contributed by atoms with Crippen molar-refractivity contribution in [3.63, 3.8) is 0 Å². The summed E-state index contributed by atoms with van der Waals surface area (Å²) in [7, 11) is -1.40. The number of benzene rings is 1. The van der Waals surface area contributed by atoms with Crippen LogP contribution in [0.3, 0.4) is 0 Å². The lowest BCUT2D eigenvalue weighted by Gasteiger charge is -2.33. The summed E-state index contributed by atoms with van der Waals surface area (Å²) >= 11 is 0. The molecule has 1 saturated heterocycles. The summed E-state index contributed by atoms with van der Waals surface area (Å²) in [6, 6.07) is 8.92. The van der Waals surface area contributed by atoms with Crippen molar-refractivity contribution < 1.29 is 8.42 Å². The predicted molar refractivity (Wildman–Crippen MR) is 133 cm³/mol. The number of piperidine rings is 1. The Balaban J connectivity index is 0.00000420. The fraction of sp³-hybridized carbons (Fsp3) is 0.667. The minimum atomic E-state index is -3.13. The summed E-state index contributed by atoms with van der Waals surface area (Å²) in [5.41, 5.74) is 2.74. The SMILES string of the molecule is CN=C(NCCS(=O)(=O)C(C)(C)C)NC1CCN(Cc2ccccc2C)CC1.I. The molecule has 0 atom stereocenters. The van der Waals surface area contributed by atoms with Crippen molar-refractivity contribution in [2.45, 2.75) is 57.9 Å². The van der Waals surface area contributed by atoms with Crippen molar-refractivity contribution in [3.8, 4) is 0 Å². The molecule has 0 radical (unpaired) electrons. The van der Waals surface area contributed by atoms with E-state index >= 15 is 0 Å². The van der Waals surface area contributed by atoms with Crippen LogP contribution >= 0.6 is 24.0 Å². The maximum Gasteiger partial charge on any atom is 0.191 e. The van der Waals surface area contributed by atoms with Gasteiger partial charge in [-0.1, -0.05) is 24.3 Å². The van der Waals surface area contributed by atoms with Crippen LogP contribution in [0.1, 0.15) is 44.7 Å². The molecule has 1 aliphatic heterocycles. The molecular formula is C21H37IN4O2S. The van der Waals surface area contributed by atoms with Gasteiger partial charge in [0.15, 0.2) is 15.8 Å². The van der Waals surface area contributed by atoms with Crippen molar-refractivity contribution in [1.29, 1.82) is 0 Å². The number of aryl methyl sites for hydroxylation is 1. The number of aliphatic imine (C=N–C) groups is 1. The van der Waals surface area contributed by atoms with Gasteiger partial charge in [0, 0.05) is 39.3 Å². The third-order valence-corrected chi connectivity index (χ3v) is 8.01. The Morgan fingerprint density at radius 1 is 1.21 bits per heavy atom. The van der Waals surface area contributed by atoms with E-state index in [2.05, 4.69) is 51.7 Å². The number of rotatable bonds is 6. The molecule has 1 fully saturated rings. The van der Waals surface area contributed by atoms with E-state index < -0.39 is 14.6 Å². The van der Waals surface area contributed by atoms with E-state index in [0.29, 0.717) is 18.5 Å². The smallest absolute Gasteiger partial charge is 0.191 e. The minimum Gasteiger partial charge on any atom is -0.355 e. The van der Waals surface area contributed by atoms with E-state index in [0.717, 1.165) is 32.5 Å². The maximum absolute atomic E-state index is 12.2. The zero-order valence-corrected chi connectivity index (χ0v) is 21.5. The van der Waals surface area contributed by atoms with Crippen LogP contribution in [0.25, 0.3) is 0 Å². The van der Waals surface area contributed by atoms with Gasteiger partial charge in [0.1, 0.15) is 0 Å². The molecule has 1 heterocycles. The summed E-state index contributed by atoms with van der Waals surface area (Å²) in [5.74, 6) is 0.785. The first-order valence-corrected chi connectivity index (χ1v) is 11.7. The van der Waals surface area contributed by atoms with Crippen LogP contribution in [-0.4, -0.2) is 62.5 Å². The summed E-state index contributed by atoms with van der Waals surface area (Å²) in [4.78, 5) is 6.74. The fourth-order valence-electron chi connectivity index (χ4n) is 3.26. The highest BCUT2D eigenvalue weighted by molar-refractivity contribution is 14.0. The molecule has 1 aromatic carbocycles. The summed E-state index contributed by atoms with van der Waals surface area (Å²) in [6.45, 7) is 10.8. The van der Waals surface area contributed by atoms with Crippen molar-refractivity contribution in [2.24, 2.45) is 4.99 Å². The molecule has 2 N–H and O–H groups in total. The number of hydrogen-bond donors (Lipinski definition) is 2. The van der Waals surface area contributed by atoms with Crippen LogP contribution in [0.2, 0.25) is 0 Å². The van der Waals surface area contributed by atoms with Gasteiger partial charge in [-0.3, -0.25) is 9.89 Å². The quantitative estimate of drug-likeness (QED) is 0.333. The highest BCUT2D eigenvalue weighted by atomic mass is 127. The van der Waals surface area contributed by atoms with E-state index in [1.807, 2.05) is 0 Å². The second kappa shape index (κ2) is 11.5. The van der Waals surface area contributed by atoms with E-state index in [4.69, 9.17) is 0 Å². The lowest BCUT2D eigenvalue weighted by atomic mass is 10.0. The van der Waals surface area contributed by atoms with Crippen molar-refractivity contribution in [2.75, 3.05) is 32.4 Å². The fourth-order valence-corrected chi connectivity index (χ4v) is 4.24. The second-order valence-electron chi connectivity index (χ2n) is 8.55. The van der Waals surface area contributed by atoms with Crippen molar-refractivity contribution in [3.05, 3.63) is 35.4 Å². The van der Waals surface area contributed by atoms with Crippen LogP contribution in [0.15, 0.2) is 29.3 Å². The standard InChI is InChI=1S/C21H36N4O2S.HI/c1-17-8-6-7-9-18(17)16-25-13-10-19(11-14-25)24-20(22-5)23-12-15-28(26,27)21(2,3)4;/h6-9,19H,10-16H2,1-5H3,(H2,22,23,24);1H. The molecule has 1 aliphatic rings. The minimum absolute atomic E-state index is 0. The monoisotopic (exact) mass is 536 g/mol. The second-order valence-corrected chi connectivity index (χ2v) is 11.4. The molecule has 0 bridgehead atoms. The highest BCUT2D eigenvalue weighted by Crippen LogP contribution is 2.17. The van der Waals surface area contributed by atoms with Crippen LogP contribution in [-0.2, 0) is 16.4 Å². The largest absolute Gasteiger partial charge is 0.355 e. The number of nitrogens with one attached hydrogen (secondary N) is 2. The van der Waals surface area contributed by atoms with Gasteiger partial charge >= 0.3 is 0 Å². The van der Waals surface area contributed by atoms with Crippen molar-refractivity contribution in [1.82, 2.24) is 15.5 Å². The van der Waals surface area contributed by atoms with Gasteiger partial charge in [-0.15, -0.1) is 24.0 Å². The number of nitrogens with zero attached hydrogens (tertiary/aromatic N) is 2. The molecule has 0 amide bonds. The summed E-state index contributed by atoms with van der Waals surface area (Å²) in [5, 5.41) is 6.59. The van der Waals surface area contributed by atoms with Gasteiger partial charge in [0.25, 0.3) is 0 Å². The maximum atomic E-state index is 12.2. The summed E-state index contributed by atoms with van der Waals surface area (Å²) in [6.07, 6.45) is 2.10. The molecule has 1 aromatic rings. The molecule has 29 heavy (non-hydrogen) atoms. The molecule has 166 valence electrons. The Bertz CT molecular complexity index is 767. The van der Waals surface area contributed by atoms with Gasteiger partial charge in [-0.2, -0.15) is 0 Å². The molecule has 0 spiro atoms. The Hall–Kier alpha value is -0.870. The Morgan fingerprint density at radius 3 is 2.38 bits per heavy atom. The van der Waals surface area contributed by atoms with Crippen LogP contribution in [0, 0.1) is 6.92 Å². The average molecular weight is 537 g/mol. The van der Waals surface area contributed by atoms with Crippen LogP contribution < -0.4 is 10.6 Å². The zero-order valence-electron chi connectivity index (χ0n) is 18.4. The van der Waals surface area contributed by atoms with Gasteiger partial charge < -0.3 is 10.6 Å². The van der Waals surface area contributed by atoms with Crippen LogP contribution in [0.5, 0.6) is 0 Å². The van der Waals surface area contributed by atoms with Gasteiger partial charge in [-0.25, -0.2) is 8.42 Å². The molecule has 6 nitrogen and oxygen atoms in total. The molecular weight excluding hydrogens is 499 g/mol. The normalized spacial score (nSPS) is 16.9. The third-order valence-electron chi connectivity index (χ3n) is 5.40. The zero-order chi connectivity index (χ0) is 20.8. The van der Waals surface area contributed by atoms with Crippen molar-refractivity contribution >= 4 is 39.8 Å². The molecule has 8 heteroatoms. The van der Waals surface area contributed by atoms with E-state index in [9.17, 15) is 8.42 Å². The van der Waals surface area contributed by atoms with Gasteiger partial charge in [-0.05, 0) is 51.7 Å². The van der Waals surface area contributed by atoms with E-state index in [1.54, 1.807) is 27.8 Å². The first kappa shape index (κ1) is 26.2. The summed E-state index contributed by atoms with van der Waals surface area (Å²) < 4.78 is 23.7. The lowest BCUT2D eigenvalue weighted by molar-refractivity contribution is 0.198. The Labute approximate surface area is 193 Å². The number of hydrogen-bond acceptors (Lipinski definition) is 4. The van der Waals surface area contributed by atoms with Gasteiger partial charge in [0.05, 0.1) is 10.5 Å². The number of halogens is 1. The van der Waals surface area contributed by atoms with E-state index in [-0.39, 0.29) is 29.7 Å². The Kier molecular flexibility index (Phi) is 10.4. The van der Waals surface area contributed by atoms with Crippen LogP contribution in [0.4, 0.5) is 0 Å². The third kappa shape index (κ3) is 8.05. The molecule has 0 unspecified atom stereocenters. The molecule has 0 aromatic heterocycles. The molecule has 0 saturated carbocycles. The number of sulfone groups is 1. The number of likely N-dealkylation sites (tertiary alicyclic amines) is 1. The average Bonchev–Trinajstić information content (AvgIpc) is 2.63. The number of guanidine groups is 1. The Morgan fingerprint density at radius 2 is 1.83 bits per heavy atom. The lowest BCUT2D eigenvalue weighted by Crippen LogP contribution is -2.49. The van der Waals surface area contributed by atoms with Gasteiger partial charge in [0.2, 0.25) is 0 Å². The molecule has 0 aliphatic carbocycles. The predicted octanol–water partition coefficient (Wildman–Crippen LogP) is 2.96. The molecule has 2 rings (SSSR count). The van der Waals surface area contributed by atoms with E-state index in [1.165, 1.54) is 11.1 Å². The first-order valence-electron chi connectivity index (χ1n) is 10.1. The topological polar surface area (TPSA) is 73.8 Å². The highest BCUT2D eigenvalue weighted by Gasteiger charge is 2.28.